The summed E-state index contributed by atoms with van der Waals surface area (Å²) in [5.74, 6) is -0.0533. The number of aromatic nitrogens is 6. The van der Waals surface area contributed by atoms with E-state index < -0.39 is 12.1 Å². The van der Waals surface area contributed by atoms with Crippen LogP contribution in [0.4, 0.5) is 10.5 Å². The molecule has 13 nitrogen and oxygen atoms in total. The molecule has 1 unspecified atom stereocenters. The fourth-order valence-electron chi connectivity index (χ4n) is 5.45. The molecule has 2 atom stereocenters. The van der Waals surface area contributed by atoms with E-state index in [9.17, 15) is 14.4 Å². The normalized spacial score (nSPS) is 15.4. The minimum atomic E-state index is -0.558. The van der Waals surface area contributed by atoms with Gasteiger partial charge in [-0.15, -0.1) is 5.10 Å². The van der Waals surface area contributed by atoms with E-state index >= 15 is 0 Å². The Hall–Kier alpha value is -5.17. The topological polar surface area (TPSA) is 157 Å². The molecule has 4 aromatic rings. The van der Waals surface area contributed by atoms with Gasteiger partial charge >= 0.3 is 6.09 Å². The molecule has 2 aromatic carbocycles. The quantitative estimate of drug-likeness (QED) is 0.230. The van der Waals surface area contributed by atoms with Gasteiger partial charge in [0.25, 0.3) is 0 Å². The molecule has 46 heavy (non-hydrogen) atoms. The number of nitrogens with zero attached hydrogens (tertiary/aromatic N) is 7. The van der Waals surface area contributed by atoms with E-state index in [0.717, 1.165) is 30.5 Å². The number of likely N-dealkylation sites (tertiary alicyclic amines) is 1. The Labute approximate surface area is 271 Å². The number of anilines is 1. The summed E-state index contributed by atoms with van der Waals surface area (Å²) in [6, 6.07) is 13.9. The van der Waals surface area contributed by atoms with Crippen LogP contribution in [0.15, 0.2) is 67.1 Å². The number of tetrazole rings is 1. The van der Waals surface area contributed by atoms with Gasteiger partial charge in [-0.05, 0) is 83.6 Å². The molecule has 0 radical (unpaired) electrons. The predicted molar refractivity (Wildman–Crippen MR) is 172 cm³/mol. The number of ether oxygens (including phenoxy) is 1. The van der Waals surface area contributed by atoms with Gasteiger partial charge in [0.1, 0.15) is 6.33 Å². The minimum absolute atomic E-state index is 0.125. The molecule has 3 heterocycles. The molecule has 1 saturated heterocycles. The van der Waals surface area contributed by atoms with Crippen LogP contribution in [0.1, 0.15) is 49.9 Å². The number of carbonyl (C=O) groups excluding carboxylic acids is 3. The van der Waals surface area contributed by atoms with Crippen LogP contribution in [0.3, 0.4) is 0 Å². The van der Waals surface area contributed by atoms with Gasteiger partial charge in [0.15, 0.2) is 0 Å². The second-order valence-electron chi connectivity index (χ2n) is 10.9. The average Bonchev–Trinajstić information content (AvgIpc) is 3.62. The van der Waals surface area contributed by atoms with Crippen molar-refractivity contribution in [2.75, 3.05) is 25.5 Å². The second kappa shape index (κ2) is 15.2. The Kier molecular flexibility index (Phi) is 10.7. The molecule has 0 spiro atoms. The average molecular weight is 644 g/mol. The maximum Gasteiger partial charge on any atom is 0.411 e. The van der Waals surface area contributed by atoms with Crippen LogP contribution < -0.4 is 10.6 Å². The van der Waals surface area contributed by atoms with Crippen LogP contribution in [-0.2, 0) is 14.3 Å². The molecule has 238 valence electrons. The zero-order chi connectivity index (χ0) is 32.5. The summed E-state index contributed by atoms with van der Waals surface area (Å²) in [6.07, 6.45) is 8.48. The molecule has 3 amide bonds. The Morgan fingerprint density at radius 3 is 2.67 bits per heavy atom. The van der Waals surface area contributed by atoms with Crippen LogP contribution in [0.25, 0.3) is 22.9 Å². The van der Waals surface area contributed by atoms with E-state index in [4.69, 9.17) is 11.6 Å². The van der Waals surface area contributed by atoms with E-state index in [-0.39, 0.29) is 17.7 Å². The van der Waals surface area contributed by atoms with Crippen molar-refractivity contribution in [3.05, 3.63) is 83.4 Å². The molecule has 1 fully saturated rings. The molecular weight excluding hydrogens is 610 g/mol. The van der Waals surface area contributed by atoms with Crippen LogP contribution in [0.5, 0.6) is 0 Å². The zero-order valence-electron chi connectivity index (χ0n) is 25.5. The predicted octanol–water partition coefficient (Wildman–Crippen LogP) is 4.86. The van der Waals surface area contributed by atoms with Gasteiger partial charge in [-0.25, -0.2) is 4.79 Å². The van der Waals surface area contributed by atoms with E-state index in [2.05, 4.69) is 41.1 Å². The summed E-state index contributed by atoms with van der Waals surface area (Å²) in [5.41, 5.74) is 4.13. The first-order chi connectivity index (χ1) is 22.3. The first-order valence-corrected chi connectivity index (χ1v) is 15.3. The fourth-order valence-corrected chi connectivity index (χ4v) is 5.63. The molecular formula is C32H34ClN9O4. The van der Waals surface area contributed by atoms with Gasteiger partial charge in [-0.2, -0.15) is 14.9 Å². The number of methoxy groups -OCH3 is 1. The van der Waals surface area contributed by atoms with Gasteiger partial charge in [-0.3, -0.25) is 14.9 Å². The van der Waals surface area contributed by atoms with E-state index in [0.29, 0.717) is 47.0 Å². The van der Waals surface area contributed by atoms with Crippen LogP contribution in [0.2, 0.25) is 5.02 Å². The highest BCUT2D eigenvalue weighted by molar-refractivity contribution is 6.30. The number of hydrogen-bond acceptors (Lipinski definition) is 9. The maximum atomic E-state index is 13.4. The molecule has 5 rings (SSSR count). The smallest absolute Gasteiger partial charge is 0.411 e. The monoisotopic (exact) mass is 643 g/mol. The van der Waals surface area contributed by atoms with E-state index in [1.165, 1.54) is 24.2 Å². The lowest BCUT2D eigenvalue weighted by Gasteiger charge is -2.34. The van der Waals surface area contributed by atoms with Gasteiger partial charge in [0.05, 0.1) is 30.7 Å². The fraction of sp³-hybridized carbons (Fsp3) is 0.312. The molecule has 2 N–H and O–H groups in total. The highest BCUT2D eigenvalue weighted by Crippen LogP contribution is 2.30. The molecule has 14 heteroatoms. The van der Waals surface area contributed by atoms with Gasteiger partial charge < -0.3 is 15.0 Å². The van der Waals surface area contributed by atoms with Crippen molar-refractivity contribution < 1.29 is 19.1 Å². The number of nitrogens with one attached hydrogen (secondary N) is 2. The van der Waals surface area contributed by atoms with Crippen molar-refractivity contribution >= 4 is 41.3 Å². The third-order valence-corrected chi connectivity index (χ3v) is 7.97. The van der Waals surface area contributed by atoms with E-state index in [1.807, 2.05) is 30.0 Å². The highest BCUT2D eigenvalue weighted by Gasteiger charge is 2.27. The SMILES string of the molecule is CCC(=O)N1CCCC(C[C@H](NC(=O)/C=C/c2cc(Cl)ccc2-n2cnnn2)c2cc(-c3ccc(NC(=O)OC)cc3)cnn2)C1. The van der Waals surface area contributed by atoms with Gasteiger partial charge in [0.2, 0.25) is 11.8 Å². The summed E-state index contributed by atoms with van der Waals surface area (Å²) in [6.45, 7) is 3.22. The molecule has 1 aliphatic heterocycles. The lowest BCUT2D eigenvalue weighted by Crippen LogP contribution is -2.41. The number of rotatable bonds is 10. The van der Waals surface area contributed by atoms with Crippen molar-refractivity contribution in [3.63, 3.8) is 0 Å². The van der Waals surface area contributed by atoms with Crippen LogP contribution in [-0.4, -0.2) is 73.4 Å². The number of benzene rings is 2. The summed E-state index contributed by atoms with van der Waals surface area (Å²) < 4.78 is 6.15. The highest BCUT2D eigenvalue weighted by atomic mass is 35.5. The summed E-state index contributed by atoms with van der Waals surface area (Å²) >= 11 is 6.25. The minimum Gasteiger partial charge on any atom is -0.453 e. The van der Waals surface area contributed by atoms with Crippen LogP contribution in [0, 0.1) is 5.92 Å². The van der Waals surface area contributed by atoms with Crippen LogP contribution >= 0.6 is 11.6 Å². The zero-order valence-corrected chi connectivity index (χ0v) is 26.2. The first kappa shape index (κ1) is 32.2. The van der Waals surface area contributed by atoms with Crippen molar-refractivity contribution in [2.45, 2.75) is 38.6 Å². The van der Waals surface area contributed by atoms with Crippen molar-refractivity contribution in [3.8, 4) is 16.8 Å². The lowest BCUT2D eigenvalue weighted by molar-refractivity contribution is -0.132. The van der Waals surface area contributed by atoms with Gasteiger partial charge in [-0.1, -0.05) is 30.7 Å². The first-order valence-electron chi connectivity index (χ1n) is 14.9. The molecule has 0 bridgehead atoms. The largest absolute Gasteiger partial charge is 0.453 e. The summed E-state index contributed by atoms with van der Waals surface area (Å²) in [7, 11) is 1.30. The van der Waals surface area contributed by atoms with Crippen molar-refractivity contribution in [1.82, 2.24) is 40.6 Å². The molecule has 0 saturated carbocycles. The molecule has 2 aromatic heterocycles. The number of piperidine rings is 1. The molecule has 1 aliphatic rings. The van der Waals surface area contributed by atoms with Crippen molar-refractivity contribution in [1.29, 1.82) is 0 Å². The summed E-state index contributed by atoms with van der Waals surface area (Å²) in [4.78, 5) is 39.4. The number of carbonyl (C=O) groups is 3. The number of amides is 3. The number of halogens is 1. The van der Waals surface area contributed by atoms with Gasteiger partial charge in [0, 0.05) is 47.4 Å². The van der Waals surface area contributed by atoms with Crippen molar-refractivity contribution in [2.24, 2.45) is 5.92 Å². The van der Waals surface area contributed by atoms with E-state index in [1.54, 1.807) is 42.6 Å². The third-order valence-electron chi connectivity index (χ3n) is 7.74. The standard InChI is InChI=1S/C32H34ClN9O4/c1-3-31(44)41-14-4-5-21(19-41)15-27(28-17-24(18-34-38-28)22-6-10-26(11-7-22)36-32(45)46-2)37-30(43)13-8-23-16-25(33)9-12-29(23)42-20-35-39-40-42/h6-13,16-18,20-21,27H,3-5,14-15,19H2,1-2H3,(H,36,45)(H,37,43)/b13-8+/t21?,27-/m0/s1. The lowest BCUT2D eigenvalue weighted by atomic mass is 9.89. The Balaban J connectivity index is 1.39. The molecule has 0 aliphatic carbocycles. The maximum absolute atomic E-state index is 13.4. The number of hydrogen-bond donors (Lipinski definition) is 2. The Morgan fingerprint density at radius 1 is 1.11 bits per heavy atom. The Bertz CT molecular complexity index is 1700. The summed E-state index contributed by atoms with van der Waals surface area (Å²) in [5, 5.41) is 26.3. The Morgan fingerprint density at radius 2 is 1.93 bits per heavy atom. The third kappa shape index (κ3) is 8.30. The second-order valence-corrected chi connectivity index (χ2v) is 11.3.